The summed E-state index contributed by atoms with van der Waals surface area (Å²) in [6.07, 6.45) is 7.29. The van der Waals surface area contributed by atoms with Crippen molar-refractivity contribution in [2.75, 3.05) is 6.54 Å². The average Bonchev–Trinajstić information content (AvgIpc) is 3.35. The first-order chi connectivity index (χ1) is 13.5. The average molecular weight is 508 g/mol. The predicted octanol–water partition coefficient (Wildman–Crippen LogP) is 4.03. The normalized spacial score (nSPS) is 11.8. The van der Waals surface area contributed by atoms with Crippen LogP contribution >= 0.6 is 24.0 Å². The Labute approximate surface area is 189 Å². The van der Waals surface area contributed by atoms with Crippen molar-refractivity contribution in [3.8, 4) is 5.69 Å². The molecule has 0 radical (unpaired) electrons. The fraction of sp³-hybridized carbons (Fsp3) is 0.381. The molecule has 0 fully saturated rings. The Morgan fingerprint density at radius 3 is 2.66 bits per heavy atom. The molecule has 0 aliphatic rings. The molecule has 2 aromatic heterocycles. The molecule has 2 N–H and O–H groups in total. The Kier molecular flexibility index (Phi) is 8.24. The molecule has 3 rings (SSSR count). The minimum absolute atomic E-state index is 0. The van der Waals surface area contributed by atoms with Crippen molar-refractivity contribution in [1.29, 1.82) is 0 Å². The maximum atomic E-state index is 5.84. The van der Waals surface area contributed by atoms with Gasteiger partial charge in [0, 0.05) is 24.4 Å². The predicted molar refractivity (Wildman–Crippen MR) is 126 cm³/mol. The van der Waals surface area contributed by atoms with Crippen molar-refractivity contribution in [2.24, 2.45) is 4.99 Å². The minimum atomic E-state index is -0.0547. The van der Waals surface area contributed by atoms with Crippen LogP contribution in [-0.4, -0.2) is 27.0 Å². The van der Waals surface area contributed by atoms with Gasteiger partial charge in [-0.2, -0.15) is 0 Å². The molecule has 8 heteroatoms. The van der Waals surface area contributed by atoms with E-state index in [4.69, 9.17) is 9.41 Å². The molecule has 7 nitrogen and oxygen atoms in total. The van der Waals surface area contributed by atoms with Gasteiger partial charge >= 0.3 is 0 Å². The summed E-state index contributed by atoms with van der Waals surface area (Å²) in [6.45, 7) is 10.1. The summed E-state index contributed by atoms with van der Waals surface area (Å²) in [5, 5.41) is 6.55. The number of hydrogen-bond acceptors (Lipinski definition) is 4. The van der Waals surface area contributed by atoms with Gasteiger partial charge in [0.25, 0.3) is 0 Å². The van der Waals surface area contributed by atoms with Crippen LogP contribution in [0.3, 0.4) is 0 Å². The van der Waals surface area contributed by atoms with E-state index in [1.807, 2.05) is 29.8 Å². The number of nitrogens with zero attached hydrogens (tertiary/aromatic N) is 4. The number of imidazole rings is 1. The zero-order valence-electron chi connectivity index (χ0n) is 17.3. The molecule has 2 heterocycles. The van der Waals surface area contributed by atoms with Crippen molar-refractivity contribution >= 4 is 29.9 Å². The molecule has 0 aliphatic heterocycles. The SMILES string of the molecule is CCNC(=NCc1ccccc1-n1ccnc1)NCc1ncc(C(C)(C)C)o1.I. The molecule has 0 saturated carbocycles. The van der Waals surface area contributed by atoms with E-state index < -0.39 is 0 Å². The van der Waals surface area contributed by atoms with E-state index in [0.717, 1.165) is 29.5 Å². The molecule has 29 heavy (non-hydrogen) atoms. The Morgan fingerprint density at radius 1 is 1.21 bits per heavy atom. The van der Waals surface area contributed by atoms with Gasteiger partial charge in [-0.15, -0.1) is 24.0 Å². The van der Waals surface area contributed by atoms with E-state index in [-0.39, 0.29) is 29.4 Å². The zero-order chi connectivity index (χ0) is 20.0. The van der Waals surface area contributed by atoms with Gasteiger partial charge in [0.15, 0.2) is 5.96 Å². The summed E-state index contributed by atoms with van der Waals surface area (Å²) in [4.78, 5) is 13.2. The summed E-state index contributed by atoms with van der Waals surface area (Å²) < 4.78 is 7.83. The molecule has 0 aliphatic carbocycles. The van der Waals surface area contributed by atoms with Gasteiger partial charge in [0.2, 0.25) is 5.89 Å². The smallest absolute Gasteiger partial charge is 0.213 e. The first kappa shape index (κ1) is 22.9. The summed E-state index contributed by atoms with van der Waals surface area (Å²) in [5.41, 5.74) is 2.13. The van der Waals surface area contributed by atoms with Gasteiger partial charge in [-0.1, -0.05) is 39.0 Å². The lowest BCUT2D eigenvalue weighted by Crippen LogP contribution is -2.36. The minimum Gasteiger partial charge on any atom is -0.443 e. The summed E-state index contributed by atoms with van der Waals surface area (Å²) in [5.74, 6) is 2.24. The van der Waals surface area contributed by atoms with E-state index in [1.165, 1.54) is 0 Å². The first-order valence-electron chi connectivity index (χ1n) is 9.51. The van der Waals surface area contributed by atoms with Gasteiger partial charge in [-0.25, -0.2) is 15.0 Å². The standard InChI is InChI=1S/C21H28N6O.HI/c1-5-23-20(26-14-19-24-13-18(28-19)21(2,3)4)25-12-16-8-6-7-9-17(16)27-11-10-22-15-27;/h6-11,13,15H,5,12,14H2,1-4H3,(H2,23,25,26);1H. The third-order valence-electron chi connectivity index (χ3n) is 4.23. The quantitative estimate of drug-likeness (QED) is 0.299. The van der Waals surface area contributed by atoms with Crippen molar-refractivity contribution in [3.63, 3.8) is 0 Å². The molecule has 0 unspecified atom stereocenters. The number of guanidine groups is 1. The highest BCUT2D eigenvalue weighted by Crippen LogP contribution is 2.22. The molecule has 0 spiro atoms. The van der Waals surface area contributed by atoms with Gasteiger partial charge in [-0.05, 0) is 18.6 Å². The number of para-hydroxylation sites is 1. The Balaban J connectivity index is 0.00000300. The third kappa shape index (κ3) is 6.31. The second-order valence-corrected chi connectivity index (χ2v) is 7.52. The van der Waals surface area contributed by atoms with Crippen molar-refractivity contribution < 1.29 is 4.42 Å². The number of oxazole rings is 1. The molecule has 0 bridgehead atoms. The van der Waals surface area contributed by atoms with Crippen LogP contribution in [-0.2, 0) is 18.5 Å². The maximum absolute atomic E-state index is 5.84. The first-order valence-corrected chi connectivity index (χ1v) is 9.51. The van der Waals surface area contributed by atoms with Crippen LogP contribution in [0.2, 0.25) is 0 Å². The number of benzene rings is 1. The fourth-order valence-corrected chi connectivity index (χ4v) is 2.70. The van der Waals surface area contributed by atoms with Crippen molar-refractivity contribution in [1.82, 2.24) is 25.2 Å². The lowest BCUT2D eigenvalue weighted by molar-refractivity contribution is 0.379. The van der Waals surface area contributed by atoms with E-state index in [0.29, 0.717) is 19.0 Å². The van der Waals surface area contributed by atoms with E-state index >= 15 is 0 Å². The number of nitrogens with one attached hydrogen (secondary N) is 2. The number of halogens is 1. The molecule has 0 saturated heterocycles. The molecule has 0 amide bonds. The van der Waals surface area contributed by atoms with Crippen LogP contribution in [0.5, 0.6) is 0 Å². The highest BCUT2D eigenvalue weighted by Gasteiger charge is 2.19. The molecule has 0 atom stereocenters. The number of aliphatic imine (C=N–C) groups is 1. The Hall–Kier alpha value is -2.36. The van der Waals surface area contributed by atoms with Crippen LogP contribution in [0.15, 0.2) is 58.6 Å². The number of aromatic nitrogens is 3. The number of rotatable bonds is 6. The molecule has 156 valence electrons. The van der Waals surface area contributed by atoms with Crippen LogP contribution in [0.25, 0.3) is 5.69 Å². The summed E-state index contributed by atoms with van der Waals surface area (Å²) in [6, 6.07) is 8.17. The molecule has 3 aromatic rings. The fourth-order valence-electron chi connectivity index (χ4n) is 2.70. The van der Waals surface area contributed by atoms with E-state index in [1.54, 1.807) is 18.7 Å². The van der Waals surface area contributed by atoms with Gasteiger partial charge in [0.05, 0.1) is 31.3 Å². The van der Waals surface area contributed by atoms with E-state index in [9.17, 15) is 0 Å². The third-order valence-corrected chi connectivity index (χ3v) is 4.23. The highest BCUT2D eigenvalue weighted by molar-refractivity contribution is 14.0. The number of hydrogen-bond donors (Lipinski definition) is 2. The van der Waals surface area contributed by atoms with Crippen molar-refractivity contribution in [3.05, 3.63) is 66.4 Å². The summed E-state index contributed by atoms with van der Waals surface area (Å²) in [7, 11) is 0. The van der Waals surface area contributed by atoms with Gasteiger partial charge < -0.3 is 19.6 Å². The summed E-state index contributed by atoms with van der Waals surface area (Å²) >= 11 is 0. The monoisotopic (exact) mass is 508 g/mol. The molecular weight excluding hydrogens is 479 g/mol. The van der Waals surface area contributed by atoms with Crippen LogP contribution in [0.1, 0.15) is 44.9 Å². The lowest BCUT2D eigenvalue weighted by Gasteiger charge is -2.13. The van der Waals surface area contributed by atoms with E-state index in [2.05, 4.69) is 53.5 Å². The Morgan fingerprint density at radius 2 is 2.00 bits per heavy atom. The lowest BCUT2D eigenvalue weighted by atomic mass is 9.94. The van der Waals surface area contributed by atoms with Crippen LogP contribution < -0.4 is 10.6 Å². The molecular formula is C21H29IN6O. The van der Waals surface area contributed by atoms with Crippen LogP contribution in [0.4, 0.5) is 0 Å². The Bertz CT molecular complexity index is 911. The molecule has 1 aromatic carbocycles. The topological polar surface area (TPSA) is 80.3 Å². The zero-order valence-corrected chi connectivity index (χ0v) is 19.7. The highest BCUT2D eigenvalue weighted by atomic mass is 127. The second kappa shape index (κ2) is 10.4. The maximum Gasteiger partial charge on any atom is 0.213 e. The van der Waals surface area contributed by atoms with Gasteiger partial charge in [0.1, 0.15) is 5.76 Å². The largest absolute Gasteiger partial charge is 0.443 e. The van der Waals surface area contributed by atoms with Crippen molar-refractivity contribution in [2.45, 2.75) is 46.2 Å². The van der Waals surface area contributed by atoms with Gasteiger partial charge in [-0.3, -0.25) is 0 Å². The second-order valence-electron chi connectivity index (χ2n) is 7.52. The van der Waals surface area contributed by atoms with Crippen LogP contribution in [0, 0.1) is 0 Å².